The Bertz CT molecular complexity index is 85.8. The van der Waals surface area contributed by atoms with Gasteiger partial charge in [-0.3, -0.25) is 0 Å². The van der Waals surface area contributed by atoms with Gasteiger partial charge >= 0.3 is 0 Å². The van der Waals surface area contributed by atoms with Crippen LogP contribution in [0.5, 0.6) is 0 Å². The van der Waals surface area contributed by atoms with E-state index >= 15 is 0 Å². The molecule has 0 aliphatic carbocycles. The van der Waals surface area contributed by atoms with Crippen LogP contribution in [0.3, 0.4) is 0 Å². The second-order valence-electron chi connectivity index (χ2n) is 2.97. The lowest BCUT2D eigenvalue weighted by molar-refractivity contribution is 0.00528. The molecule has 3 nitrogen and oxygen atoms in total. The predicted molar refractivity (Wildman–Crippen MR) is 48.1 cm³/mol. The SMILES string of the molecule is CCCCCCOC[C@@H](O)CO. The van der Waals surface area contributed by atoms with E-state index < -0.39 is 6.10 Å². The van der Waals surface area contributed by atoms with Crippen LogP contribution in [0, 0.1) is 0 Å². The summed E-state index contributed by atoms with van der Waals surface area (Å²) in [5.41, 5.74) is 0. The van der Waals surface area contributed by atoms with Crippen LogP contribution in [0.15, 0.2) is 0 Å². The summed E-state index contributed by atoms with van der Waals surface area (Å²) in [7, 11) is 0. The van der Waals surface area contributed by atoms with Gasteiger partial charge in [-0.1, -0.05) is 26.2 Å². The maximum Gasteiger partial charge on any atom is 0.100 e. The predicted octanol–water partition coefficient (Wildman–Crippen LogP) is 0.936. The van der Waals surface area contributed by atoms with Crippen molar-refractivity contribution in [1.29, 1.82) is 0 Å². The first-order chi connectivity index (χ1) is 5.81. The van der Waals surface area contributed by atoms with Crippen LogP contribution in [-0.4, -0.2) is 36.1 Å². The van der Waals surface area contributed by atoms with Crippen LogP contribution < -0.4 is 0 Å². The number of aliphatic hydroxyl groups excluding tert-OH is 2. The molecule has 0 spiro atoms. The number of unbranched alkanes of at least 4 members (excludes halogenated alkanes) is 3. The van der Waals surface area contributed by atoms with Crippen molar-refractivity contribution in [3.05, 3.63) is 0 Å². The van der Waals surface area contributed by atoms with Crippen LogP contribution in [0.2, 0.25) is 0 Å². The summed E-state index contributed by atoms with van der Waals surface area (Å²) in [4.78, 5) is 0. The lowest BCUT2D eigenvalue weighted by Crippen LogP contribution is -2.19. The molecule has 0 fully saturated rings. The molecule has 0 unspecified atom stereocenters. The topological polar surface area (TPSA) is 49.7 Å². The molecule has 0 rings (SSSR count). The van der Waals surface area contributed by atoms with E-state index in [4.69, 9.17) is 14.9 Å². The molecule has 0 aromatic heterocycles. The van der Waals surface area contributed by atoms with Crippen molar-refractivity contribution in [3.8, 4) is 0 Å². The van der Waals surface area contributed by atoms with Gasteiger partial charge in [-0.2, -0.15) is 0 Å². The zero-order valence-corrected chi connectivity index (χ0v) is 7.83. The Morgan fingerprint density at radius 2 is 2.00 bits per heavy atom. The molecule has 12 heavy (non-hydrogen) atoms. The maximum atomic E-state index is 8.89. The highest BCUT2D eigenvalue weighted by molar-refractivity contribution is 4.48. The smallest absolute Gasteiger partial charge is 0.100 e. The monoisotopic (exact) mass is 176 g/mol. The molecule has 0 saturated carbocycles. The van der Waals surface area contributed by atoms with E-state index in [1.165, 1.54) is 19.3 Å². The number of aliphatic hydroxyl groups is 2. The standard InChI is InChI=1S/C9H20O3/c1-2-3-4-5-6-12-8-9(11)7-10/h9-11H,2-8H2,1H3/t9-/m0/s1. The number of hydrogen-bond donors (Lipinski definition) is 2. The summed E-state index contributed by atoms with van der Waals surface area (Å²) < 4.78 is 5.12. The van der Waals surface area contributed by atoms with Gasteiger partial charge in [0.2, 0.25) is 0 Å². The molecule has 0 aromatic carbocycles. The Morgan fingerprint density at radius 1 is 1.25 bits per heavy atom. The quantitative estimate of drug-likeness (QED) is 0.541. The molecular weight excluding hydrogens is 156 g/mol. The third-order valence-electron chi connectivity index (χ3n) is 1.66. The van der Waals surface area contributed by atoms with Crippen molar-refractivity contribution >= 4 is 0 Å². The minimum Gasteiger partial charge on any atom is -0.394 e. The largest absolute Gasteiger partial charge is 0.394 e. The van der Waals surface area contributed by atoms with Gasteiger partial charge in [0, 0.05) is 6.61 Å². The van der Waals surface area contributed by atoms with Gasteiger partial charge in [0.25, 0.3) is 0 Å². The van der Waals surface area contributed by atoms with Gasteiger partial charge in [0.15, 0.2) is 0 Å². The lowest BCUT2D eigenvalue weighted by atomic mass is 10.2. The van der Waals surface area contributed by atoms with E-state index in [1.807, 2.05) is 0 Å². The fraction of sp³-hybridized carbons (Fsp3) is 1.00. The van der Waals surface area contributed by atoms with E-state index in [-0.39, 0.29) is 13.2 Å². The van der Waals surface area contributed by atoms with Crippen LogP contribution in [0.1, 0.15) is 32.6 Å². The fourth-order valence-electron chi connectivity index (χ4n) is 0.903. The summed E-state index contributed by atoms with van der Waals surface area (Å²) in [5, 5.41) is 17.3. The van der Waals surface area contributed by atoms with Crippen molar-refractivity contribution in [1.82, 2.24) is 0 Å². The Hall–Kier alpha value is -0.120. The van der Waals surface area contributed by atoms with E-state index in [9.17, 15) is 0 Å². The molecule has 0 aliphatic heterocycles. The number of hydrogen-bond acceptors (Lipinski definition) is 3. The van der Waals surface area contributed by atoms with E-state index in [2.05, 4.69) is 6.92 Å². The van der Waals surface area contributed by atoms with Crippen molar-refractivity contribution in [2.45, 2.75) is 38.7 Å². The van der Waals surface area contributed by atoms with Crippen LogP contribution in [-0.2, 0) is 4.74 Å². The zero-order valence-electron chi connectivity index (χ0n) is 7.83. The summed E-state index contributed by atoms with van der Waals surface area (Å²) in [6, 6.07) is 0. The Labute approximate surface area is 74.4 Å². The fourth-order valence-corrected chi connectivity index (χ4v) is 0.903. The molecule has 0 saturated heterocycles. The molecule has 74 valence electrons. The Kier molecular flexibility index (Phi) is 8.88. The first-order valence-corrected chi connectivity index (χ1v) is 4.68. The van der Waals surface area contributed by atoms with Gasteiger partial charge in [0.1, 0.15) is 6.10 Å². The molecule has 0 aromatic rings. The molecular formula is C9H20O3. The molecule has 0 radical (unpaired) electrons. The van der Waals surface area contributed by atoms with Crippen molar-refractivity contribution in [2.75, 3.05) is 19.8 Å². The second kappa shape index (κ2) is 8.97. The zero-order chi connectivity index (χ0) is 9.23. The van der Waals surface area contributed by atoms with Crippen LogP contribution in [0.4, 0.5) is 0 Å². The minimum absolute atomic E-state index is 0.213. The normalized spacial score (nSPS) is 13.2. The first kappa shape index (κ1) is 11.9. The first-order valence-electron chi connectivity index (χ1n) is 4.68. The number of rotatable bonds is 8. The highest BCUT2D eigenvalue weighted by Crippen LogP contribution is 1.98. The van der Waals surface area contributed by atoms with Gasteiger partial charge in [-0.05, 0) is 6.42 Å². The Balaban J connectivity index is 2.90. The number of ether oxygens (including phenoxy) is 1. The summed E-state index contributed by atoms with van der Waals surface area (Å²) >= 11 is 0. The minimum atomic E-state index is -0.712. The molecule has 1 atom stereocenters. The van der Waals surface area contributed by atoms with E-state index in [0.717, 1.165) is 6.42 Å². The van der Waals surface area contributed by atoms with Crippen LogP contribution in [0.25, 0.3) is 0 Å². The molecule has 0 amide bonds. The third-order valence-corrected chi connectivity index (χ3v) is 1.66. The molecule has 2 N–H and O–H groups in total. The highest BCUT2D eigenvalue weighted by atomic mass is 16.5. The summed E-state index contributed by atoms with van der Waals surface area (Å²) in [6.45, 7) is 2.89. The molecule has 0 heterocycles. The van der Waals surface area contributed by atoms with Gasteiger partial charge in [0.05, 0.1) is 13.2 Å². The molecule has 0 aliphatic rings. The highest BCUT2D eigenvalue weighted by Gasteiger charge is 2.00. The van der Waals surface area contributed by atoms with Crippen molar-refractivity contribution < 1.29 is 14.9 Å². The average Bonchev–Trinajstić information content (AvgIpc) is 2.10. The van der Waals surface area contributed by atoms with Crippen molar-refractivity contribution in [2.24, 2.45) is 0 Å². The Morgan fingerprint density at radius 3 is 2.58 bits per heavy atom. The second-order valence-corrected chi connectivity index (χ2v) is 2.97. The van der Waals surface area contributed by atoms with Gasteiger partial charge in [-0.15, -0.1) is 0 Å². The lowest BCUT2D eigenvalue weighted by Gasteiger charge is -2.07. The maximum absolute atomic E-state index is 8.89. The van der Waals surface area contributed by atoms with Gasteiger partial charge < -0.3 is 14.9 Å². The molecule has 3 heteroatoms. The van der Waals surface area contributed by atoms with Crippen LogP contribution >= 0.6 is 0 Å². The summed E-state index contributed by atoms with van der Waals surface area (Å²) in [5.74, 6) is 0. The third kappa shape index (κ3) is 7.98. The van der Waals surface area contributed by atoms with E-state index in [0.29, 0.717) is 6.61 Å². The molecule has 0 bridgehead atoms. The van der Waals surface area contributed by atoms with Gasteiger partial charge in [-0.25, -0.2) is 0 Å². The average molecular weight is 176 g/mol. The summed E-state index contributed by atoms with van der Waals surface area (Å²) in [6.07, 6.45) is 3.99. The van der Waals surface area contributed by atoms with Crippen molar-refractivity contribution in [3.63, 3.8) is 0 Å². The van der Waals surface area contributed by atoms with E-state index in [1.54, 1.807) is 0 Å².